The summed E-state index contributed by atoms with van der Waals surface area (Å²) in [5.41, 5.74) is 0. The van der Waals surface area contributed by atoms with Crippen LogP contribution in [-0.2, 0) is 11.3 Å². The number of nitrogens with one attached hydrogen (secondary N) is 2. The van der Waals surface area contributed by atoms with E-state index < -0.39 is 0 Å². The molecule has 0 spiro atoms. The lowest BCUT2D eigenvalue weighted by Gasteiger charge is -2.28. The third-order valence-electron chi connectivity index (χ3n) is 3.11. The Morgan fingerprint density at radius 1 is 1.71 bits per heavy atom. The predicted molar refractivity (Wildman–Crippen MR) is 74.1 cm³/mol. The van der Waals surface area contributed by atoms with Gasteiger partial charge in [0.25, 0.3) is 0 Å². The van der Waals surface area contributed by atoms with Crippen LogP contribution in [0.15, 0.2) is 15.9 Å². The Morgan fingerprint density at radius 2 is 2.53 bits per heavy atom. The number of rotatable bonds is 3. The second-order valence-corrected chi connectivity index (χ2v) is 6.41. The number of hydrogen-bond acceptors (Lipinski definition) is 3. The van der Waals surface area contributed by atoms with Gasteiger partial charge in [-0.1, -0.05) is 6.92 Å². The molecule has 2 unspecified atom stereocenters. The molecule has 1 fully saturated rings. The van der Waals surface area contributed by atoms with E-state index in [0.717, 1.165) is 17.4 Å². The summed E-state index contributed by atoms with van der Waals surface area (Å²) in [6.07, 6.45) is 2.30. The van der Waals surface area contributed by atoms with E-state index in [1.807, 2.05) is 11.4 Å². The topological polar surface area (TPSA) is 41.1 Å². The van der Waals surface area contributed by atoms with Gasteiger partial charge in [0.2, 0.25) is 5.91 Å². The molecule has 3 nitrogen and oxygen atoms in total. The van der Waals surface area contributed by atoms with Crippen LogP contribution in [0.1, 0.15) is 24.6 Å². The number of thiophene rings is 1. The molecule has 1 aromatic heterocycles. The van der Waals surface area contributed by atoms with Gasteiger partial charge in [-0.15, -0.1) is 11.3 Å². The molecule has 2 N–H and O–H groups in total. The standard InChI is InChI=1S/C12H17BrN2OS/c1-8-3-2-4-14-11(8)12(16)15-6-10-5-9(13)7-17-10/h5,7-8,11,14H,2-4,6H2,1H3,(H,15,16). The van der Waals surface area contributed by atoms with Crippen LogP contribution in [0, 0.1) is 5.92 Å². The minimum absolute atomic E-state index is 0.0212. The number of piperidine rings is 1. The van der Waals surface area contributed by atoms with Crippen molar-refractivity contribution in [1.29, 1.82) is 0 Å². The second-order valence-electron chi connectivity index (χ2n) is 4.50. The summed E-state index contributed by atoms with van der Waals surface area (Å²) in [5.74, 6) is 0.556. The lowest BCUT2D eigenvalue weighted by Crippen LogP contribution is -2.50. The average Bonchev–Trinajstić information content (AvgIpc) is 2.73. The van der Waals surface area contributed by atoms with Crippen LogP contribution in [0.2, 0.25) is 0 Å². The highest BCUT2D eigenvalue weighted by Gasteiger charge is 2.26. The summed E-state index contributed by atoms with van der Waals surface area (Å²) in [6.45, 7) is 3.71. The van der Waals surface area contributed by atoms with Gasteiger partial charge in [-0.3, -0.25) is 4.79 Å². The molecule has 17 heavy (non-hydrogen) atoms. The number of carbonyl (C=O) groups is 1. The molecule has 1 aliphatic rings. The Hall–Kier alpha value is -0.390. The van der Waals surface area contributed by atoms with Crippen LogP contribution < -0.4 is 10.6 Å². The van der Waals surface area contributed by atoms with Gasteiger partial charge in [0.15, 0.2) is 0 Å². The lowest BCUT2D eigenvalue weighted by atomic mass is 9.92. The molecule has 5 heteroatoms. The van der Waals surface area contributed by atoms with Crippen LogP contribution >= 0.6 is 27.3 Å². The smallest absolute Gasteiger partial charge is 0.237 e. The molecule has 1 aromatic rings. The van der Waals surface area contributed by atoms with Crippen molar-refractivity contribution in [1.82, 2.24) is 10.6 Å². The Morgan fingerprint density at radius 3 is 3.18 bits per heavy atom. The van der Waals surface area contributed by atoms with E-state index >= 15 is 0 Å². The third-order valence-corrected chi connectivity index (χ3v) is 4.81. The largest absolute Gasteiger partial charge is 0.350 e. The molecule has 1 aliphatic heterocycles. The van der Waals surface area contributed by atoms with Crippen molar-refractivity contribution in [3.63, 3.8) is 0 Å². The normalized spacial score (nSPS) is 24.6. The maximum absolute atomic E-state index is 12.0. The maximum Gasteiger partial charge on any atom is 0.237 e. The van der Waals surface area contributed by atoms with Gasteiger partial charge in [-0.05, 0) is 47.3 Å². The Balaban J connectivity index is 1.84. The second kappa shape index (κ2) is 5.98. The fourth-order valence-corrected chi connectivity index (χ4v) is 3.52. The van der Waals surface area contributed by atoms with Crippen molar-refractivity contribution in [2.75, 3.05) is 6.54 Å². The molecule has 1 amide bonds. The lowest BCUT2D eigenvalue weighted by molar-refractivity contribution is -0.125. The third kappa shape index (κ3) is 3.53. The molecule has 2 atom stereocenters. The molecule has 0 aliphatic carbocycles. The molecule has 0 radical (unpaired) electrons. The number of hydrogen-bond donors (Lipinski definition) is 2. The van der Waals surface area contributed by atoms with Crippen LogP contribution in [0.5, 0.6) is 0 Å². The highest BCUT2D eigenvalue weighted by atomic mass is 79.9. The molecular formula is C12H17BrN2OS. The molecule has 2 rings (SSSR count). The first kappa shape index (κ1) is 13.1. The van der Waals surface area contributed by atoms with Crippen LogP contribution in [0.3, 0.4) is 0 Å². The first-order chi connectivity index (χ1) is 8.16. The first-order valence-corrected chi connectivity index (χ1v) is 7.58. The van der Waals surface area contributed by atoms with Gasteiger partial charge in [0.1, 0.15) is 0 Å². The minimum Gasteiger partial charge on any atom is -0.350 e. The molecule has 0 aromatic carbocycles. The zero-order valence-corrected chi connectivity index (χ0v) is 12.2. The SMILES string of the molecule is CC1CCCNC1C(=O)NCc1cc(Br)cs1. The first-order valence-electron chi connectivity index (χ1n) is 5.91. The number of amides is 1. The molecule has 0 bridgehead atoms. The number of carbonyl (C=O) groups excluding carboxylic acids is 1. The summed E-state index contributed by atoms with van der Waals surface area (Å²) >= 11 is 5.07. The van der Waals surface area contributed by atoms with Gasteiger partial charge in [-0.2, -0.15) is 0 Å². The van der Waals surface area contributed by atoms with Gasteiger partial charge in [0, 0.05) is 14.7 Å². The van der Waals surface area contributed by atoms with Crippen LogP contribution in [0.25, 0.3) is 0 Å². The zero-order valence-electron chi connectivity index (χ0n) is 9.83. The van der Waals surface area contributed by atoms with Crippen LogP contribution in [0.4, 0.5) is 0 Å². The fourth-order valence-electron chi connectivity index (χ4n) is 2.13. The summed E-state index contributed by atoms with van der Waals surface area (Å²) < 4.78 is 1.08. The Bertz CT molecular complexity index is 394. The van der Waals surface area contributed by atoms with E-state index in [1.54, 1.807) is 11.3 Å². The van der Waals surface area contributed by atoms with E-state index in [-0.39, 0.29) is 11.9 Å². The van der Waals surface area contributed by atoms with E-state index in [4.69, 9.17) is 0 Å². The minimum atomic E-state index is -0.0212. The maximum atomic E-state index is 12.0. The quantitative estimate of drug-likeness (QED) is 0.899. The van der Waals surface area contributed by atoms with Crippen molar-refractivity contribution in [3.05, 3.63) is 20.8 Å². The van der Waals surface area contributed by atoms with Crippen molar-refractivity contribution in [2.45, 2.75) is 32.4 Å². The van der Waals surface area contributed by atoms with E-state index in [1.165, 1.54) is 11.3 Å². The summed E-state index contributed by atoms with van der Waals surface area (Å²) in [6, 6.07) is 2.02. The van der Waals surface area contributed by atoms with Crippen LogP contribution in [-0.4, -0.2) is 18.5 Å². The predicted octanol–water partition coefficient (Wildman–Crippen LogP) is 2.51. The van der Waals surface area contributed by atoms with Crippen molar-refractivity contribution >= 4 is 33.2 Å². The van der Waals surface area contributed by atoms with Gasteiger partial charge >= 0.3 is 0 Å². The monoisotopic (exact) mass is 316 g/mol. The summed E-state index contributed by atoms with van der Waals surface area (Å²) in [7, 11) is 0. The van der Waals surface area contributed by atoms with Crippen molar-refractivity contribution in [2.24, 2.45) is 5.92 Å². The van der Waals surface area contributed by atoms with Gasteiger partial charge in [-0.25, -0.2) is 0 Å². The van der Waals surface area contributed by atoms with Gasteiger partial charge in [0.05, 0.1) is 12.6 Å². The highest BCUT2D eigenvalue weighted by molar-refractivity contribution is 9.10. The summed E-state index contributed by atoms with van der Waals surface area (Å²) in [4.78, 5) is 13.2. The molecule has 1 saturated heterocycles. The van der Waals surface area contributed by atoms with Crippen molar-refractivity contribution < 1.29 is 4.79 Å². The molecule has 94 valence electrons. The van der Waals surface area contributed by atoms with E-state index in [0.29, 0.717) is 12.5 Å². The highest BCUT2D eigenvalue weighted by Crippen LogP contribution is 2.20. The zero-order chi connectivity index (χ0) is 12.3. The average molecular weight is 317 g/mol. The van der Waals surface area contributed by atoms with Crippen molar-refractivity contribution in [3.8, 4) is 0 Å². The molecule has 0 saturated carbocycles. The number of halogens is 1. The van der Waals surface area contributed by atoms with Gasteiger partial charge < -0.3 is 10.6 Å². The molecular weight excluding hydrogens is 300 g/mol. The van der Waals surface area contributed by atoms with E-state index in [9.17, 15) is 4.79 Å². The van der Waals surface area contributed by atoms with E-state index in [2.05, 4.69) is 33.5 Å². The Kier molecular flexibility index (Phi) is 4.59. The molecule has 2 heterocycles. The summed E-state index contributed by atoms with van der Waals surface area (Å²) in [5, 5.41) is 8.32. The Labute approximate surface area is 114 Å². The fraction of sp³-hybridized carbons (Fsp3) is 0.583.